The first-order chi connectivity index (χ1) is 14.8. The number of nitro groups is 1. The van der Waals surface area contributed by atoms with E-state index < -0.39 is 17.0 Å². The van der Waals surface area contributed by atoms with E-state index in [1.54, 1.807) is 12.1 Å². The van der Waals surface area contributed by atoms with E-state index in [0.717, 1.165) is 6.07 Å². The van der Waals surface area contributed by atoms with Crippen molar-refractivity contribution in [3.8, 4) is 28.6 Å². The second kappa shape index (κ2) is 8.22. The zero-order chi connectivity index (χ0) is 22.0. The Hall–Kier alpha value is -3.67. The zero-order valence-electron chi connectivity index (χ0n) is 15.8. The molecular formula is C19H15F3N4O5. The van der Waals surface area contributed by atoms with Gasteiger partial charge in [-0.15, -0.1) is 13.2 Å². The molecule has 1 aromatic heterocycles. The maximum atomic E-state index is 12.7. The van der Waals surface area contributed by atoms with Crippen molar-refractivity contribution in [1.29, 1.82) is 0 Å². The van der Waals surface area contributed by atoms with Crippen LogP contribution in [0.5, 0.6) is 5.75 Å². The number of aromatic nitrogens is 2. The maximum Gasteiger partial charge on any atom is 0.573 e. The highest BCUT2D eigenvalue weighted by Gasteiger charge is 2.33. The Morgan fingerprint density at radius 1 is 1.13 bits per heavy atom. The van der Waals surface area contributed by atoms with Crippen molar-refractivity contribution in [2.45, 2.75) is 6.36 Å². The fraction of sp³-hybridized carbons (Fsp3) is 0.263. The van der Waals surface area contributed by atoms with Crippen molar-refractivity contribution in [3.63, 3.8) is 0 Å². The summed E-state index contributed by atoms with van der Waals surface area (Å²) < 4.78 is 52.4. The normalized spacial score (nSPS) is 14.5. The minimum absolute atomic E-state index is 0.0331. The molecule has 1 aliphatic rings. The lowest BCUT2D eigenvalue weighted by atomic mass is 10.1. The molecule has 162 valence electrons. The van der Waals surface area contributed by atoms with E-state index in [9.17, 15) is 23.3 Å². The van der Waals surface area contributed by atoms with Gasteiger partial charge in [-0.05, 0) is 24.3 Å². The number of para-hydroxylation sites is 1. The Kier molecular flexibility index (Phi) is 5.46. The molecular weight excluding hydrogens is 421 g/mol. The number of morpholine rings is 1. The van der Waals surface area contributed by atoms with E-state index in [0.29, 0.717) is 32.0 Å². The standard InChI is InChI=1S/C19H15F3N4O5/c20-19(21,22)30-16-4-2-1-3-13(16)17-23-18(31-24-17)12-5-6-14(15(11-12)26(27)28)25-7-9-29-10-8-25/h1-6,11H,7-10H2. The van der Waals surface area contributed by atoms with Gasteiger partial charge in [0.1, 0.15) is 11.4 Å². The molecule has 4 rings (SSSR count). The average Bonchev–Trinajstić information content (AvgIpc) is 3.23. The van der Waals surface area contributed by atoms with Crippen LogP contribution in [0.2, 0.25) is 0 Å². The van der Waals surface area contributed by atoms with Crippen molar-refractivity contribution in [2.75, 3.05) is 31.2 Å². The first kappa shape index (κ1) is 20.6. The molecule has 0 amide bonds. The number of hydrogen-bond acceptors (Lipinski definition) is 8. The summed E-state index contributed by atoms with van der Waals surface area (Å²) in [5, 5.41) is 15.3. The van der Waals surface area contributed by atoms with Crippen LogP contribution in [0.4, 0.5) is 24.5 Å². The van der Waals surface area contributed by atoms with Crippen LogP contribution in [-0.2, 0) is 4.74 Å². The monoisotopic (exact) mass is 436 g/mol. The smallest absolute Gasteiger partial charge is 0.405 e. The van der Waals surface area contributed by atoms with Gasteiger partial charge in [-0.3, -0.25) is 10.1 Å². The summed E-state index contributed by atoms with van der Waals surface area (Å²) in [5.41, 5.74) is 0.506. The molecule has 1 fully saturated rings. The van der Waals surface area contributed by atoms with E-state index in [2.05, 4.69) is 14.9 Å². The van der Waals surface area contributed by atoms with Gasteiger partial charge in [0.15, 0.2) is 0 Å². The van der Waals surface area contributed by atoms with Gasteiger partial charge in [-0.1, -0.05) is 17.3 Å². The van der Waals surface area contributed by atoms with Crippen LogP contribution in [0.15, 0.2) is 47.0 Å². The number of rotatable bonds is 5. The van der Waals surface area contributed by atoms with Gasteiger partial charge in [-0.2, -0.15) is 4.98 Å². The largest absolute Gasteiger partial charge is 0.573 e. The SMILES string of the molecule is O=[N+]([O-])c1cc(-c2nc(-c3ccccc3OC(F)(F)F)no2)ccc1N1CCOCC1. The second-order valence-electron chi connectivity index (χ2n) is 6.53. The number of benzene rings is 2. The molecule has 0 atom stereocenters. The summed E-state index contributed by atoms with van der Waals surface area (Å²) >= 11 is 0. The predicted molar refractivity (Wildman–Crippen MR) is 102 cm³/mol. The molecule has 1 saturated heterocycles. The molecule has 0 spiro atoms. The highest BCUT2D eigenvalue weighted by Crippen LogP contribution is 2.36. The number of alkyl halides is 3. The zero-order valence-corrected chi connectivity index (χ0v) is 15.8. The Morgan fingerprint density at radius 3 is 2.58 bits per heavy atom. The van der Waals surface area contributed by atoms with Gasteiger partial charge in [0.2, 0.25) is 5.82 Å². The van der Waals surface area contributed by atoms with Crippen molar-refractivity contribution < 1.29 is 32.1 Å². The lowest BCUT2D eigenvalue weighted by molar-refractivity contribution is -0.384. The minimum Gasteiger partial charge on any atom is -0.405 e. The van der Waals surface area contributed by atoms with Crippen LogP contribution in [0.25, 0.3) is 22.8 Å². The van der Waals surface area contributed by atoms with Crippen LogP contribution < -0.4 is 9.64 Å². The highest BCUT2D eigenvalue weighted by atomic mass is 19.4. The van der Waals surface area contributed by atoms with Crippen molar-refractivity contribution in [2.24, 2.45) is 0 Å². The molecule has 0 saturated carbocycles. The second-order valence-corrected chi connectivity index (χ2v) is 6.53. The van der Waals surface area contributed by atoms with Gasteiger partial charge < -0.3 is 18.9 Å². The molecule has 2 aromatic carbocycles. The first-order valence-corrected chi connectivity index (χ1v) is 9.12. The number of ether oxygens (including phenoxy) is 2. The quantitative estimate of drug-likeness (QED) is 0.436. The van der Waals surface area contributed by atoms with Crippen LogP contribution in [0.1, 0.15) is 0 Å². The van der Waals surface area contributed by atoms with E-state index in [4.69, 9.17) is 9.26 Å². The van der Waals surface area contributed by atoms with Gasteiger partial charge in [-0.25, -0.2) is 0 Å². The van der Waals surface area contributed by atoms with Crippen molar-refractivity contribution >= 4 is 11.4 Å². The number of nitrogens with zero attached hydrogens (tertiary/aromatic N) is 4. The Morgan fingerprint density at radius 2 is 1.87 bits per heavy atom. The third-order valence-corrected chi connectivity index (χ3v) is 4.55. The van der Waals surface area contributed by atoms with E-state index in [-0.39, 0.29) is 28.5 Å². The summed E-state index contributed by atoms with van der Waals surface area (Å²) in [6.07, 6.45) is -4.89. The molecule has 12 heteroatoms. The van der Waals surface area contributed by atoms with Gasteiger partial charge >= 0.3 is 6.36 Å². The summed E-state index contributed by atoms with van der Waals surface area (Å²) in [6, 6.07) is 9.78. The molecule has 1 aliphatic heterocycles. The van der Waals surface area contributed by atoms with E-state index in [1.807, 2.05) is 4.90 Å². The Bertz CT molecular complexity index is 1100. The molecule has 2 heterocycles. The molecule has 0 radical (unpaired) electrons. The van der Waals surface area contributed by atoms with Crippen molar-refractivity contribution in [1.82, 2.24) is 10.1 Å². The first-order valence-electron chi connectivity index (χ1n) is 9.12. The van der Waals surface area contributed by atoms with Gasteiger partial charge in [0.25, 0.3) is 11.6 Å². The maximum absolute atomic E-state index is 12.7. The van der Waals surface area contributed by atoms with Crippen molar-refractivity contribution in [3.05, 3.63) is 52.6 Å². The van der Waals surface area contributed by atoms with E-state index in [1.165, 1.54) is 24.3 Å². The lowest BCUT2D eigenvalue weighted by Crippen LogP contribution is -2.36. The third kappa shape index (κ3) is 4.58. The molecule has 0 aliphatic carbocycles. The number of nitro benzene ring substituents is 1. The Balaban J connectivity index is 1.67. The molecule has 3 aromatic rings. The molecule has 0 bridgehead atoms. The third-order valence-electron chi connectivity index (χ3n) is 4.55. The fourth-order valence-electron chi connectivity index (χ4n) is 3.19. The minimum atomic E-state index is -4.89. The van der Waals surface area contributed by atoms with Crippen LogP contribution >= 0.6 is 0 Å². The molecule has 0 N–H and O–H groups in total. The number of hydrogen-bond donors (Lipinski definition) is 0. The Labute approximate surface area is 173 Å². The van der Waals surface area contributed by atoms with Gasteiger partial charge in [0, 0.05) is 24.7 Å². The molecule has 9 nitrogen and oxygen atoms in total. The van der Waals surface area contributed by atoms with Crippen LogP contribution in [-0.4, -0.2) is 47.7 Å². The fourth-order valence-corrected chi connectivity index (χ4v) is 3.19. The molecule has 0 unspecified atom stereocenters. The van der Waals surface area contributed by atoms with Gasteiger partial charge in [0.05, 0.1) is 23.7 Å². The number of halogens is 3. The number of anilines is 1. The summed E-state index contributed by atoms with van der Waals surface area (Å²) in [6.45, 7) is 1.96. The average molecular weight is 436 g/mol. The van der Waals surface area contributed by atoms with Crippen LogP contribution in [0, 0.1) is 10.1 Å². The van der Waals surface area contributed by atoms with Crippen LogP contribution in [0.3, 0.4) is 0 Å². The lowest BCUT2D eigenvalue weighted by Gasteiger charge is -2.28. The summed E-state index contributed by atoms with van der Waals surface area (Å²) in [5.74, 6) is -0.709. The summed E-state index contributed by atoms with van der Waals surface area (Å²) in [4.78, 5) is 17.0. The molecule has 31 heavy (non-hydrogen) atoms. The predicted octanol–water partition coefficient (Wildman–Crippen LogP) is 4.05. The highest BCUT2D eigenvalue weighted by molar-refractivity contribution is 5.72. The van der Waals surface area contributed by atoms with E-state index >= 15 is 0 Å². The topological polar surface area (TPSA) is 104 Å². The summed E-state index contributed by atoms with van der Waals surface area (Å²) in [7, 11) is 0.